The first-order valence-electron chi connectivity index (χ1n) is 6.05. The summed E-state index contributed by atoms with van der Waals surface area (Å²) in [6, 6.07) is 0. The molecule has 2 nitrogen and oxygen atoms in total. The highest BCUT2D eigenvalue weighted by Crippen LogP contribution is 2.61. The molecular weight excluding hydrogens is 176 g/mol. The van der Waals surface area contributed by atoms with Gasteiger partial charge in [0.15, 0.2) is 0 Å². The first-order chi connectivity index (χ1) is 6.84. The van der Waals surface area contributed by atoms with Crippen LogP contribution in [0.3, 0.4) is 0 Å². The predicted molar refractivity (Wildman–Crippen MR) is 50.4 cm³/mol. The van der Waals surface area contributed by atoms with E-state index in [0.29, 0.717) is 12.0 Å². The lowest BCUT2D eigenvalue weighted by atomic mass is 9.62. The summed E-state index contributed by atoms with van der Waals surface area (Å²) in [4.78, 5) is 11.7. The first-order valence-corrected chi connectivity index (χ1v) is 6.05. The Morgan fingerprint density at radius 1 is 1.00 bits per heavy atom. The number of fused-ring (bicyclic) bond motifs is 4. The second-order valence-electron chi connectivity index (χ2n) is 5.65. The van der Waals surface area contributed by atoms with E-state index in [2.05, 4.69) is 0 Å². The Kier molecular flexibility index (Phi) is 1.29. The van der Waals surface area contributed by atoms with E-state index in [-0.39, 0.29) is 5.97 Å². The van der Waals surface area contributed by atoms with Crippen LogP contribution in [0.15, 0.2) is 0 Å². The normalized spacial score (nSPS) is 58.7. The van der Waals surface area contributed by atoms with Crippen molar-refractivity contribution in [1.29, 1.82) is 0 Å². The van der Waals surface area contributed by atoms with Crippen molar-refractivity contribution in [3.8, 4) is 0 Å². The molecule has 0 aromatic rings. The van der Waals surface area contributed by atoms with Gasteiger partial charge in [0.1, 0.15) is 6.10 Å². The third kappa shape index (κ3) is 0.731. The van der Waals surface area contributed by atoms with E-state index in [9.17, 15) is 4.79 Å². The molecule has 5 fully saturated rings. The number of hydrogen-bond donors (Lipinski definition) is 0. The van der Waals surface area contributed by atoms with Gasteiger partial charge in [0.2, 0.25) is 0 Å². The van der Waals surface area contributed by atoms with Crippen molar-refractivity contribution in [2.45, 2.75) is 38.2 Å². The van der Waals surface area contributed by atoms with E-state index in [1.165, 1.54) is 19.3 Å². The minimum absolute atomic E-state index is 0.134. The van der Waals surface area contributed by atoms with Crippen molar-refractivity contribution in [3.05, 3.63) is 0 Å². The highest BCUT2D eigenvalue weighted by atomic mass is 16.5. The first kappa shape index (κ1) is 7.72. The minimum atomic E-state index is 0.134. The van der Waals surface area contributed by atoms with E-state index in [0.717, 1.165) is 36.5 Å². The van der Waals surface area contributed by atoms with Crippen LogP contribution in [0.2, 0.25) is 0 Å². The Morgan fingerprint density at radius 3 is 2.57 bits per heavy atom. The highest BCUT2D eigenvalue weighted by molar-refractivity contribution is 5.75. The zero-order valence-electron chi connectivity index (χ0n) is 8.32. The molecule has 14 heavy (non-hydrogen) atoms. The van der Waals surface area contributed by atoms with Crippen molar-refractivity contribution < 1.29 is 9.53 Å². The van der Waals surface area contributed by atoms with E-state index >= 15 is 0 Å². The van der Waals surface area contributed by atoms with Gasteiger partial charge in [-0.25, -0.2) is 0 Å². The second-order valence-corrected chi connectivity index (χ2v) is 5.65. The lowest BCUT2D eigenvalue weighted by Gasteiger charge is -2.49. The van der Waals surface area contributed by atoms with Crippen LogP contribution in [-0.2, 0) is 9.53 Å². The van der Waals surface area contributed by atoms with Gasteiger partial charge in [0.05, 0.1) is 5.92 Å². The molecular formula is C12H16O2. The molecule has 0 amide bonds. The Hall–Kier alpha value is -0.530. The fourth-order valence-electron chi connectivity index (χ4n) is 4.91. The molecule has 3 saturated carbocycles. The van der Waals surface area contributed by atoms with Gasteiger partial charge in [-0.15, -0.1) is 0 Å². The van der Waals surface area contributed by atoms with Crippen molar-refractivity contribution in [2.75, 3.05) is 0 Å². The molecule has 0 unspecified atom stereocenters. The fraction of sp³-hybridized carbons (Fsp3) is 0.917. The Labute approximate surface area is 84.0 Å². The number of carbonyl (C=O) groups is 1. The molecule has 0 radical (unpaired) electrons. The van der Waals surface area contributed by atoms with Crippen molar-refractivity contribution in [3.63, 3.8) is 0 Å². The predicted octanol–water partition coefficient (Wildman–Crippen LogP) is 1.98. The number of esters is 1. The van der Waals surface area contributed by atoms with Crippen molar-refractivity contribution >= 4 is 5.97 Å². The quantitative estimate of drug-likeness (QED) is 0.549. The van der Waals surface area contributed by atoms with Crippen LogP contribution in [0.1, 0.15) is 32.1 Å². The molecule has 2 heteroatoms. The molecule has 2 saturated heterocycles. The van der Waals surface area contributed by atoms with Gasteiger partial charge in [-0.3, -0.25) is 4.79 Å². The summed E-state index contributed by atoms with van der Waals surface area (Å²) in [5, 5.41) is 0. The van der Waals surface area contributed by atoms with Gasteiger partial charge in [0.25, 0.3) is 0 Å². The summed E-state index contributed by atoms with van der Waals surface area (Å²) < 4.78 is 5.51. The number of rotatable bonds is 0. The topological polar surface area (TPSA) is 26.3 Å². The molecule has 0 aromatic carbocycles. The van der Waals surface area contributed by atoms with Crippen LogP contribution in [0.4, 0.5) is 0 Å². The maximum absolute atomic E-state index is 11.7. The van der Waals surface area contributed by atoms with E-state index in [1.54, 1.807) is 0 Å². The highest BCUT2D eigenvalue weighted by Gasteiger charge is 2.60. The Balaban J connectivity index is 1.77. The van der Waals surface area contributed by atoms with Gasteiger partial charge in [-0.2, -0.15) is 0 Å². The van der Waals surface area contributed by atoms with Crippen LogP contribution < -0.4 is 0 Å². The van der Waals surface area contributed by atoms with Gasteiger partial charge in [-0.05, 0) is 49.9 Å². The maximum atomic E-state index is 11.7. The second kappa shape index (κ2) is 2.34. The standard InChI is InChI=1S/C12H16O2/c13-12-8-3-4-9(14-12)11-7-2-1-6(5-7)10(8)11/h6-11H,1-5H2/t6-,7+,8-,9+,10+,11-/m1/s1. The van der Waals surface area contributed by atoms with E-state index < -0.39 is 0 Å². The lowest BCUT2D eigenvalue weighted by molar-refractivity contribution is -0.189. The number of carbonyl (C=O) groups excluding carboxylic acids is 1. The summed E-state index contributed by atoms with van der Waals surface area (Å²) >= 11 is 0. The zero-order chi connectivity index (χ0) is 9.28. The molecule has 0 N–H and O–H groups in total. The third-order valence-electron chi connectivity index (χ3n) is 5.27. The molecule has 2 heterocycles. The summed E-state index contributed by atoms with van der Waals surface area (Å²) in [5.74, 6) is 3.71. The van der Waals surface area contributed by atoms with Crippen LogP contribution in [-0.4, -0.2) is 12.1 Å². The fourth-order valence-corrected chi connectivity index (χ4v) is 4.91. The molecule has 5 aliphatic rings. The molecule has 0 spiro atoms. The Morgan fingerprint density at radius 2 is 1.79 bits per heavy atom. The SMILES string of the molecule is O=C1O[C@H]2CC[C@@H]1[C@@H]1[C@@H]3CC[C@@H](C3)[C@@H]12. The Bertz CT molecular complexity index is 299. The third-order valence-corrected chi connectivity index (χ3v) is 5.27. The van der Waals surface area contributed by atoms with E-state index in [4.69, 9.17) is 4.74 Å². The van der Waals surface area contributed by atoms with Crippen LogP contribution in [0.5, 0.6) is 0 Å². The van der Waals surface area contributed by atoms with E-state index in [1.807, 2.05) is 0 Å². The van der Waals surface area contributed by atoms with Gasteiger partial charge < -0.3 is 4.74 Å². The molecule has 0 aromatic heterocycles. The summed E-state index contributed by atoms with van der Waals surface area (Å²) in [6.07, 6.45) is 6.79. The van der Waals surface area contributed by atoms with Crippen LogP contribution in [0, 0.1) is 29.6 Å². The molecule has 6 atom stereocenters. The summed E-state index contributed by atoms with van der Waals surface area (Å²) in [6.45, 7) is 0. The van der Waals surface area contributed by atoms with Crippen LogP contribution in [0.25, 0.3) is 0 Å². The maximum Gasteiger partial charge on any atom is 0.309 e. The summed E-state index contributed by atoms with van der Waals surface area (Å²) in [5.41, 5.74) is 0. The van der Waals surface area contributed by atoms with Gasteiger partial charge in [-0.1, -0.05) is 0 Å². The molecule has 5 rings (SSSR count). The molecule has 76 valence electrons. The lowest BCUT2D eigenvalue weighted by Crippen LogP contribution is -2.52. The number of hydrogen-bond acceptors (Lipinski definition) is 2. The smallest absolute Gasteiger partial charge is 0.309 e. The minimum Gasteiger partial charge on any atom is -0.462 e. The van der Waals surface area contributed by atoms with Crippen molar-refractivity contribution in [1.82, 2.24) is 0 Å². The molecule has 3 aliphatic carbocycles. The monoisotopic (exact) mass is 192 g/mol. The molecule has 2 aliphatic heterocycles. The van der Waals surface area contributed by atoms with Gasteiger partial charge >= 0.3 is 5.97 Å². The summed E-state index contributed by atoms with van der Waals surface area (Å²) in [7, 11) is 0. The zero-order valence-corrected chi connectivity index (χ0v) is 8.32. The number of ether oxygens (including phenoxy) is 1. The average Bonchev–Trinajstić information content (AvgIpc) is 2.79. The van der Waals surface area contributed by atoms with Crippen LogP contribution >= 0.6 is 0 Å². The average molecular weight is 192 g/mol. The van der Waals surface area contributed by atoms with Gasteiger partial charge in [0, 0.05) is 5.92 Å². The largest absolute Gasteiger partial charge is 0.462 e. The molecule has 4 bridgehead atoms. The van der Waals surface area contributed by atoms with Crippen molar-refractivity contribution in [2.24, 2.45) is 29.6 Å².